The minimum Gasteiger partial charge on any atom is -0.390 e. The Morgan fingerprint density at radius 2 is 1.71 bits per heavy atom. The van der Waals surface area contributed by atoms with Gasteiger partial charge in [-0.05, 0) is 80.3 Å². The maximum Gasteiger partial charge on any atom is 0.159 e. The number of carbonyl (C=O) groups is 2. The van der Waals surface area contributed by atoms with Gasteiger partial charge in [-0.15, -0.1) is 0 Å². The van der Waals surface area contributed by atoms with E-state index >= 15 is 0 Å². The van der Waals surface area contributed by atoms with E-state index in [4.69, 9.17) is 9.47 Å². The fraction of sp³-hybridized carbons (Fsp3) is 0.867. The fourth-order valence-corrected chi connectivity index (χ4v) is 10.3. The molecule has 0 bridgehead atoms. The highest BCUT2D eigenvalue weighted by Crippen LogP contribution is 2.77. The Hall–Kier alpha value is -1.04. The summed E-state index contributed by atoms with van der Waals surface area (Å²) in [7, 11) is 0. The molecule has 2 heterocycles. The van der Waals surface area contributed by atoms with Crippen LogP contribution >= 0.6 is 0 Å². The quantitative estimate of drug-likeness (QED) is 0.566. The van der Waals surface area contributed by atoms with Crippen LogP contribution in [0.15, 0.2) is 11.6 Å². The largest absolute Gasteiger partial charge is 0.390 e. The van der Waals surface area contributed by atoms with E-state index in [1.807, 2.05) is 19.9 Å². The summed E-state index contributed by atoms with van der Waals surface area (Å²) in [5, 5.41) is 10.9. The lowest BCUT2D eigenvalue weighted by Crippen LogP contribution is -2.64. The molecule has 2 aliphatic heterocycles. The zero-order valence-electron chi connectivity index (χ0n) is 22.9. The Labute approximate surface area is 210 Å². The smallest absolute Gasteiger partial charge is 0.159 e. The van der Waals surface area contributed by atoms with E-state index in [0.29, 0.717) is 18.6 Å². The van der Waals surface area contributed by atoms with Gasteiger partial charge in [-0.3, -0.25) is 9.59 Å². The molecule has 6 aliphatic rings. The zero-order chi connectivity index (χ0) is 25.6. The van der Waals surface area contributed by atoms with Gasteiger partial charge in [-0.25, -0.2) is 0 Å². The predicted octanol–water partition coefficient (Wildman–Crippen LogP) is 5.04. The standard InChI is InChI=1S/C30H44O5/c1-16(13-18(32)24-26(4,5)35-24)30-20-14-17(31)23-27(6)11-10-21(33)25(2,3)19(27)9-12-28(23,7)29(20,8)15-22(30)34-30/h14,16,18-19,22-24,32H,9-13,15H2,1-8H3/t16-,18+,19+,22-,23+,24-,27+,28+,29+,30+/m1/s1. The van der Waals surface area contributed by atoms with Gasteiger partial charge in [0.05, 0.1) is 17.8 Å². The molecule has 0 aromatic rings. The minimum atomic E-state index is -0.523. The Bertz CT molecular complexity index is 1040. The fourth-order valence-electron chi connectivity index (χ4n) is 10.3. The van der Waals surface area contributed by atoms with Crippen LogP contribution in [-0.2, 0) is 19.1 Å². The summed E-state index contributed by atoms with van der Waals surface area (Å²) in [6, 6.07) is 0. The Kier molecular flexibility index (Phi) is 4.64. The first-order valence-electron chi connectivity index (χ1n) is 13.9. The number of hydrogen-bond acceptors (Lipinski definition) is 5. The Morgan fingerprint density at radius 1 is 1.06 bits per heavy atom. The van der Waals surface area contributed by atoms with Crippen LogP contribution in [0.2, 0.25) is 0 Å². The molecule has 0 spiro atoms. The van der Waals surface area contributed by atoms with Gasteiger partial charge in [0, 0.05) is 23.2 Å². The molecular weight excluding hydrogens is 440 g/mol. The van der Waals surface area contributed by atoms with Crippen LogP contribution in [0.3, 0.4) is 0 Å². The van der Waals surface area contributed by atoms with Crippen molar-refractivity contribution in [1.82, 2.24) is 0 Å². The van der Waals surface area contributed by atoms with E-state index in [1.165, 1.54) is 5.57 Å². The van der Waals surface area contributed by atoms with E-state index < -0.39 is 11.7 Å². The zero-order valence-corrected chi connectivity index (χ0v) is 22.9. The number of carbonyl (C=O) groups excluding carboxylic acids is 2. The van der Waals surface area contributed by atoms with E-state index in [1.54, 1.807) is 0 Å². The van der Waals surface area contributed by atoms with Gasteiger partial charge in [-0.1, -0.05) is 41.5 Å². The third-order valence-corrected chi connectivity index (χ3v) is 12.5. The van der Waals surface area contributed by atoms with E-state index in [-0.39, 0.29) is 63.0 Å². The minimum absolute atomic E-state index is 0.0639. The van der Waals surface area contributed by atoms with Gasteiger partial charge < -0.3 is 14.6 Å². The van der Waals surface area contributed by atoms with Gasteiger partial charge >= 0.3 is 0 Å². The second kappa shape index (κ2) is 6.69. The molecule has 0 aromatic carbocycles. The van der Waals surface area contributed by atoms with Crippen LogP contribution < -0.4 is 0 Å². The SMILES string of the molecule is C[C@H](C[C@H](O)[C@H]1OC1(C)C)[C@@]12O[C@@H]1C[C@@]1(C)C2=CC(=O)[C@H]2[C@@]3(C)CCC(=O)C(C)(C)[C@@H]3CC[C@@]21C. The number of aliphatic hydroxyl groups is 1. The average molecular weight is 485 g/mol. The molecule has 5 heteroatoms. The molecule has 10 atom stereocenters. The normalized spacial score (nSPS) is 52.4. The van der Waals surface area contributed by atoms with Gasteiger partial charge in [0.15, 0.2) is 5.78 Å². The first-order valence-corrected chi connectivity index (χ1v) is 13.9. The lowest BCUT2D eigenvalue weighted by Gasteiger charge is -2.66. The van der Waals surface area contributed by atoms with E-state index in [2.05, 4.69) is 41.5 Å². The van der Waals surface area contributed by atoms with Crippen molar-refractivity contribution in [3.8, 4) is 0 Å². The third-order valence-electron chi connectivity index (χ3n) is 12.5. The number of allylic oxidation sites excluding steroid dienone is 1. The molecule has 3 saturated carbocycles. The molecule has 2 saturated heterocycles. The molecule has 5 fully saturated rings. The third kappa shape index (κ3) is 2.76. The average Bonchev–Trinajstić information content (AvgIpc) is 3.60. The number of aliphatic hydroxyl groups excluding tert-OH is 1. The van der Waals surface area contributed by atoms with Gasteiger partial charge in [0.2, 0.25) is 0 Å². The Balaban J connectivity index is 1.36. The van der Waals surface area contributed by atoms with Crippen molar-refractivity contribution in [1.29, 1.82) is 0 Å². The Morgan fingerprint density at radius 3 is 2.34 bits per heavy atom. The predicted molar refractivity (Wildman–Crippen MR) is 133 cm³/mol. The summed E-state index contributed by atoms with van der Waals surface area (Å²) in [5.74, 6) is 0.896. The summed E-state index contributed by atoms with van der Waals surface area (Å²) in [6.07, 6.45) is 6.36. The van der Waals surface area contributed by atoms with Crippen molar-refractivity contribution < 1.29 is 24.2 Å². The summed E-state index contributed by atoms with van der Waals surface area (Å²) in [6.45, 7) is 17.5. The highest BCUT2D eigenvalue weighted by molar-refractivity contribution is 5.97. The first kappa shape index (κ1) is 24.3. The number of rotatable bonds is 4. The van der Waals surface area contributed by atoms with Crippen LogP contribution in [-0.4, -0.2) is 46.2 Å². The maximum atomic E-state index is 14.1. The van der Waals surface area contributed by atoms with Crippen molar-refractivity contribution in [3.63, 3.8) is 0 Å². The van der Waals surface area contributed by atoms with E-state index in [0.717, 1.165) is 25.7 Å². The molecule has 1 N–H and O–H groups in total. The van der Waals surface area contributed by atoms with E-state index in [9.17, 15) is 14.7 Å². The van der Waals surface area contributed by atoms with Crippen LogP contribution in [0.1, 0.15) is 93.9 Å². The van der Waals surface area contributed by atoms with Crippen molar-refractivity contribution >= 4 is 11.6 Å². The summed E-state index contributed by atoms with van der Waals surface area (Å²) >= 11 is 0. The maximum absolute atomic E-state index is 14.1. The number of ether oxygens (including phenoxy) is 2. The van der Waals surface area contributed by atoms with Crippen LogP contribution in [0.25, 0.3) is 0 Å². The number of fused-ring (bicyclic) bond motifs is 7. The number of hydrogen-bond donors (Lipinski definition) is 1. The topological polar surface area (TPSA) is 79.4 Å². The van der Waals surface area contributed by atoms with Crippen LogP contribution in [0.4, 0.5) is 0 Å². The number of ketones is 2. The second-order valence-electron chi connectivity index (χ2n) is 14.8. The summed E-state index contributed by atoms with van der Waals surface area (Å²) in [4.78, 5) is 27.0. The lowest BCUT2D eigenvalue weighted by molar-refractivity contribution is -0.182. The highest BCUT2D eigenvalue weighted by Gasteiger charge is 2.79. The van der Waals surface area contributed by atoms with Crippen LogP contribution in [0.5, 0.6) is 0 Å². The van der Waals surface area contributed by atoms with Crippen molar-refractivity contribution in [2.24, 2.45) is 39.4 Å². The molecular formula is C30H44O5. The molecule has 5 nitrogen and oxygen atoms in total. The molecule has 0 radical (unpaired) electrons. The second-order valence-corrected chi connectivity index (χ2v) is 14.8. The monoisotopic (exact) mass is 484 g/mol. The number of epoxide rings is 2. The highest BCUT2D eigenvalue weighted by atomic mass is 16.6. The van der Waals surface area contributed by atoms with Crippen molar-refractivity contribution in [3.05, 3.63) is 11.6 Å². The molecule has 0 unspecified atom stereocenters. The van der Waals surface area contributed by atoms with Crippen molar-refractivity contribution in [2.45, 2.75) is 123 Å². The van der Waals surface area contributed by atoms with Gasteiger partial charge in [0.25, 0.3) is 0 Å². The van der Waals surface area contributed by atoms with Crippen LogP contribution in [0, 0.1) is 39.4 Å². The molecule has 4 aliphatic carbocycles. The molecule has 35 heavy (non-hydrogen) atoms. The molecule has 0 aromatic heterocycles. The molecule has 194 valence electrons. The first-order chi connectivity index (χ1) is 16.1. The van der Waals surface area contributed by atoms with Gasteiger partial charge in [0.1, 0.15) is 17.5 Å². The summed E-state index contributed by atoms with van der Waals surface area (Å²) < 4.78 is 12.1. The molecule has 6 rings (SSSR count). The molecule has 0 amide bonds. The summed E-state index contributed by atoms with van der Waals surface area (Å²) in [5.41, 5.74) is -0.299. The number of Topliss-reactive ketones (excluding diaryl/α,β-unsaturated/α-hetero) is 1. The lowest BCUT2D eigenvalue weighted by atomic mass is 9.36. The van der Waals surface area contributed by atoms with Crippen molar-refractivity contribution in [2.75, 3.05) is 0 Å². The van der Waals surface area contributed by atoms with Gasteiger partial charge in [-0.2, -0.15) is 0 Å².